The molecule has 1 aliphatic rings. The Morgan fingerprint density at radius 3 is 1.98 bits per heavy atom. The van der Waals surface area contributed by atoms with E-state index in [4.69, 9.17) is 0 Å². The van der Waals surface area contributed by atoms with E-state index in [2.05, 4.69) is 183 Å². The first-order chi connectivity index (χ1) is 24.0. The Hall–Kier alpha value is -5.70. The summed E-state index contributed by atoms with van der Waals surface area (Å²) in [6.07, 6.45) is 0. The standard InChI is InChI=1S/C47H33NS/c1-47(2)42-15-9-8-14-38(42)39-26-23-36(29-43(39)47)48(34-21-18-31(19-22-34)30-10-4-3-5-11-30)35-24-27-44-41(28-35)40-25-20-33-17-16-32-12-6-7-13-37(32)45(33)46(40)49-44/h3-29H,1-2H3. The largest absolute Gasteiger partial charge is 0.310 e. The lowest BCUT2D eigenvalue weighted by atomic mass is 9.82. The summed E-state index contributed by atoms with van der Waals surface area (Å²) < 4.78 is 2.67. The van der Waals surface area contributed by atoms with Gasteiger partial charge in [-0.15, -0.1) is 11.3 Å². The van der Waals surface area contributed by atoms with Gasteiger partial charge in [-0.1, -0.05) is 135 Å². The van der Waals surface area contributed by atoms with Crippen LogP contribution in [0.2, 0.25) is 0 Å². The van der Waals surface area contributed by atoms with E-state index in [1.807, 2.05) is 11.3 Å². The Morgan fingerprint density at radius 2 is 1.10 bits per heavy atom. The molecule has 9 aromatic rings. The average molecular weight is 644 g/mol. The van der Waals surface area contributed by atoms with Crippen LogP contribution in [0.3, 0.4) is 0 Å². The van der Waals surface area contributed by atoms with Crippen LogP contribution in [0.4, 0.5) is 17.1 Å². The SMILES string of the molecule is CC1(C)c2ccccc2-c2ccc(N(c3ccc(-c4ccccc4)cc3)c3ccc4sc5c(ccc6ccc7ccccc7c65)c4c3)cc21. The predicted octanol–water partition coefficient (Wildman–Crippen LogP) is 13.8. The number of hydrogen-bond acceptors (Lipinski definition) is 2. The molecule has 232 valence electrons. The average Bonchev–Trinajstić information content (AvgIpc) is 3.64. The lowest BCUT2D eigenvalue weighted by Crippen LogP contribution is -2.16. The van der Waals surface area contributed by atoms with Gasteiger partial charge in [0.2, 0.25) is 0 Å². The summed E-state index contributed by atoms with van der Waals surface area (Å²) in [4.78, 5) is 2.44. The topological polar surface area (TPSA) is 3.24 Å². The van der Waals surface area contributed by atoms with E-state index in [0.717, 1.165) is 11.4 Å². The second-order valence-electron chi connectivity index (χ2n) is 13.8. The smallest absolute Gasteiger partial charge is 0.0468 e. The third-order valence-corrected chi connectivity index (χ3v) is 11.8. The van der Waals surface area contributed by atoms with E-state index in [0.29, 0.717) is 0 Å². The molecule has 0 aliphatic heterocycles. The summed E-state index contributed by atoms with van der Waals surface area (Å²) in [7, 11) is 0. The fourth-order valence-electron chi connectivity index (χ4n) is 8.16. The van der Waals surface area contributed by atoms with Crippen molar-refractivity contribution in [3.63, 3.8) is 0 Å². The molecule has 0 fully saturated rings. The van der Waals surface area contributed by atoms with Crippen LogP contribution in [0.5, 0.6) is 0 Å². The number of rotatable bonds is 4. The van der Waals surface area contributed by atoms with E-state index in [-0.39, 0.29) is 5.41 Å². The quantitative estimate of drug-likeness (QED) is 0.173. The lowest BCUT2D eigenvalue weighted by Gasteiger charge is -2.28. The third-order valence-electron chi connectivity index (χ3n) is 10.6. The van der Waals surface area contributed by atoms with Crippen LogP contribution in [0.1, 0.15) is 25.0 Å². The van der Waals surface area contributed by atoms with E-state index < -0.39 is 0 Å². The molecule has 0 spiro atoms. The van der Waals surface area contributed by atoms with E-state index in [1.54, 1.807) is 0 Å². The van der Waals surface area contributed by atoms with Crippen molar-refractivity contribution in [2.45, 2.75) is 19.3 Å². The van der Waals surface area contributed by atoms with Crippen molar-refractivity contribution < 1.29 is 0 Å². The molecule has 8 aromatic carbocycles. The Kier molecular flexibility index (Phi) is 6.16. The maximum Gasteiger partial charge on any atom is 0.0468 e. The highest BCUT2D eigenvalue weighted by atomic mass is 32.1. The number of benzene rings is 8. The fourth-order valence-corrected chi connectivity index (χ4v) is 9.41. The van der Waals surface area contributed by atoms with Crippen molar-refractivity contribution in [1.29, 1.82) is 0 Å². The number of fused-ring (bicyclic) bond motifs is 10. The molecule has 1 heterocycles. The van der Waals surface area contributed by atoms with Gasteiger partial charge in [0.1, 0.15) is 0 Å². The van der Waals surface area contributed by atoms with E-state index in [9.17, 15) is 0 Å². The van der Waals surface area contributed by atoms with Gasteiger partial charge in [-0.25, -0.2) is 0 Å². The monoisotopic (exact) mass is 643 g/mol. The van der Waals surface area contributed by atoms with E-state index in [1.165, 1.54) is 80.8 Å². The molecular formula is C47H33NS. The molecule has 2 heteroatoms. The number of nitrogens with zero attached hydrogens (tertiary/aromatic N) is 1. The first-order valence-corrected chi connectivity index (χ1v) is 17.8. The van der Waals surface area contributed by atoms with Crippen LogP contribution >= 0.6 is 11.3 Å². The van der Waals surface area contributed by atoms with Crippen molar-refractivity contribution in [2.75, 3.05) is 4.90 Å². The highest BCUT2D eigenvalue weighted by molar-refractivity contribution is 7.26. The van der Waals surface area contributed by atoms with Crippen molar-refractivity contribution in [3.05, 3.63) is 175 Å². The van der Waals surface area contributed by atoms with Crippen molar-refractivity contribution >= 4 is 70.1 Å². The van der Waals surface area contributed by atoms with Gasteiger partial charge in [0, 0.05) is 48.0 Å². The van der Waals surface area contributed by atoms with Crippen LogP contribution in [0, 0.1) is 0 Å². The van der Waals surface area contributed by atoms with Gasteiger partial charge in [-0.3, -0.25) is 0 Å². The van der Waals surface area contributed by atoms with Gasteiger partial charge >= 0.3 is 0 Å². The normalized spacial score (nSPS) is 13.3. The molecule has 10 rings (SSSR count). The maximum atomic E-state index is 2.44. The van der Waals surface area contributed by atoms with E-state index >= 15 is 0 Å². The molecule has 49 heavy (non-hydrogen) atoms. The highest BCUT2D eigenvalue weighted by Gasteiger charge is 2.35. The lowest BCUT2D eigenvalue weighted by molar-refractivity contribution is 0.660. The molecule has 0 saturated heterocycles. The minimum Gasteiger partial charge on any atom is -0.310 e. The van der Waals surface area contributed by atoms with Crippen LogP contribution < -0.4 is 4.90 Å². The Bertz CT molecular complexity index is 2730. The first-order valence-electron chi connectivity index (χ1n) is 17.0. The van der Waals surface area contributed by atoms with Crippen LogP contribution in [0.25, 0.3) is 64.0 Å². The first kappa shape index (κ1) is 28.3. The van der Waals surface area contributed by atoms with Gasteiger partial charge < -0.3 is 4.90 Å². The van der Waals surface area contributed by atoms with Gasteiger partial charge in [0.15, 0.2) is 0 Å². The number of thiophene rings is 1. The predicted molar refractivity (Wildman–Crippen MR) is 212 cm³/mol. The zero-order valence-corrected chi connectivity index (χ0v) is 28.3. The van der Waals surface area contributed by atoms with Gasteiger partial charge in [-0.2, -0.15) is 0 Å². The molecule has 0 atom stereocenters. The summed E-state index contributed by atoms with van der Waals surface area (Å²) in [5, 5.41) is 7.86. The number of anilines is 3. The second-order valence-corrected chi connectivity index (χ2v) is 14.8. The molecule has 0 saturated carbocycles. The minimum atomic E-state index is -0.0812. The van der Waals surface area contributed by atoms with Gasteiger partial charge in [0.05, 0.1) is 0 Å². The van der Waals surface area contributed by atoms with Crippen molar-refractivity contribution in [2.24, 2.45) is 0 Å². The molecule has 0 bridgehead atoms. The molecule has 0 radical (unpaired) electrons. The number of hydrogen-bond donors (Lipinski definition) is 0. The molecule has 1 aromatic heterocycles. The zero-order chi connectivity index (χ0) is 32.7. The summed E-state index contributed by atoms with van der Waals surface area (Å²) in [5.41, 5.74) is 11.3. The molecular weight excluding hydrogens is 611 g/mol. The van der Waals surface area contributed by atoms with Crippen molar-refractivity contribution in [3.8, 4) is 22.3 Å². The molecule has 0 unspecified atom stereocenters. The maximum absolute atomic E-state index is 2.44. The summed E-state index contributed by atoms with van der Waals surface area (Å²) in [5.74, 6) is 0. The third kappa shape index (κ3) is 4.31. The zero-order valence-electron chi connectivity index (χ0n) is 27.4. The van der Waals surface area contributed by atoms with Crippen LogP contribution in [0.15, 0.2) is 164 Å². The van der Waals surface area contributed by atoms with Gasteiger partial charge in [-0.05, 0) is 92.0 Å². The Balaban J connectivity index is 1.18. The summed E-state index contributed by atoms with van der Waals surface area (Å²) in [6, 6.07) is 60.5. The fraction of sp³-hybridized carbons (Fsp3) is 0.0638. The van der Waals surface area contributed by atoms with Gasteiger partial charge in [0.25, 0.3) is 0 Å². The van der Waals surface area contributed by atoms with Crippen molar-refractivity contribution in [1.82, 2.24) is 0 Å². The molecule has 0 N–H and O–H groups in total. The van der Waals surface area contributed by atoms with Crippen LogP contribution in [-0.4, -0.2) is 0 Å². The molecule has 1 nitrogen and oxygen atoms in total. The highest BCUT2D eigenvalue weighted by Crippen LogP contribution is 2.51. The Labute approximate surface area is 290 Å². The van der Waals surface area contributed by atoms with Crippen LogP contribution in [-0.2, 0) is 5.41 Å². The summed E-state index contributed by atoms with van der Waals surface area (Å²) >= 11 is 1.91. The molecule has 1 aliphatic carbocycles. The summed E-state index contributed by atoms with van der Waals surface area (Å²) in [6.45, 7) is 4.72. The Morgan fingerprint density at radius 1 is 0.449 bits per heavy atom. The molecule has 0 amide bonds. The second kappa shape index (κ2) is 10.7. The minimum absolute atomic E-state index is 0.0812.